The molecule has 1 aliphatic rings. The number of hydrogen-bond acceptors (Lipinski definition) is 5. The lowest BCUT2D eigenvalue weighted by Crippen LogP contribution is -2.28. The summed E-state index contributed by atoms with van der Waals surface area (Å²) in [5.74, 6) is -0.0987. The lowest BCUT2D eigenvalue weighted by molar-refractivity contribution is -0.120. The number of rotatable bonds is 7. The fourth-order valence-electron chi connectivity index (χ4n) is 3.99. The highest BCUT2D eigenvalue weighted by atomic mass is 32.2. The third-order valence-electron chi connectivity index (χ3n) is 5.81. The first-order chi connectivity index (χ1) is 16.0. The number of fused-ring (bicyclic) bond motifs is 1. The highest BCUT2D eigenvalue weighted by molar-refractivity contribution is 7.89. The van der Waals surface area contributed by atoms with Gasteiger partial charge in [0.2, 0.25) is 15.9 Å². The van der Waals surface area contributed by atoms with Gasteiger partial charge in [0.25, 0.3) is 0 Å². The van der Waals surface area contributed by atoms with Gasteiger partial charge in [-0.15, -0.1) is 11.3 Å². The average Bonchev–Trinajstić information content (AvgIpc) is 3.58. The van der Waals surface area contributed by atoms with Crippen LogP contribution in [0, 0.1) is 0 Å². The van der Waals surface area contributed by atoms with Gasteiger partial charge in [0.1, 0.15) is 0 Å². The lowest BCUT2D eigenvalue weighted by atomic mass is 10.2. The Morgan fingerprint density at radius 1 is 1.03 bits per heavy atom. The highest BCUT2D eigenvalue weighted by Crippen LogP contribution is 2.24. The van der Waals surface area contributed by atoms with Crippen molar-refractivity contribution in [1.82, 2.24) is 19.0 Å². The third-order valence-corrected chi connectivity index (χ3v) is 8.61. The quantitative estimate of drug-likeness (QED) is 0.437. The largest absolute Gasteiger partial charge is 0.352 e. The van der Waals surface area contributed by atoms with Crippen molar-refractivity contribution in [2.75, 3.05) is 13.1 Å². The summed E-state index contributed by atoms with van der Waals surface area (Å²) in [6, 6.07) is 16.7. The van der Waals surface area contributed by atoms with Crippen LogP contribution in [0.25, 0.3) is 16.2 Å². The zero-order chi connectivity index (χ0) is 22.8. The number of thiazole rings is 1. The van der Waals surface area contributed by atoms with E-state index in [1.807, 2.05) is 46.3 Å². The molecule has 3 heterocycles. The molecule has 4 aromatic rings. The maximum Gasteiger partial charge on any atom is 0.243 e. The van der Waals surface area contributed by atoms with Crippen molar-refractivity contribution in [2.45, 2.75) is 30.7 Å². The first-order valence-electron chi connectivity index (χ1n) is 10.9. The van der Waals surface area contributed by atoms with Gasteiger partial charge in [-0.2, -0.15) is 4.31 Å². The van der Waals surface area contributed by atoms with Crippen LogP contribution < -0.4 is 5.32 Å². The van der Waals surface area contributed by atoms with Gasteiger partial charge in [-0.05, 0) is 30.5 Å². The molecule has 0 spiro atoms. The smallest absolute Gasteiger partial charge is 0.243 e. The van der Waals surface area contributed by atoms with Crippen LogP contribution in [0.15, 0.2) is 71.1 Å². The van der Waals surface area contributed by atoms with Gasteiger partial charge in [0.15, 0.2) is 4.96 Å². The molecule has 33 heavy (non-hydrogen) atoms. The van der Waals surface area contributed by atoms with Crippen molar-refractivity contribution < 1.29 is 13.2 Å². The van der Waals surface area contributed by atoms with E-state index in [0.717, 1.165) is 40.3 Å². The van der Waals surface area contributed by atoms with Gasteiger partial charge in [-0.25, -0.2) is 13.4 Å². The Bertz CT molecular complexity index is 1370. The molecule has 9 heteroatoms. The minimum absolute atomic E-state index is 0.0987. The fourth-order valence-corrected chi connectivity index (χ4v) is 6.38. The second-order valence-electron chi connectivity index (χ2n) is 8.08. The summed E-state index contributed by atoms with van der Waals surface area (Å²) in [5.41, 5.74) is 3.66. The number of carbonyl (C=O) groups is 1. The van der Waals surface area contributed by atoms with E-state index in [1.54, 1.807) is 24.3 Å². The molecule has 0 aliphatic carbocycles. The van der Waals surface area contributed by atoms with Crippen molar-refractivity contribution >= 4 is 32.2 Å². The molecule has 0 radical (unpaired) electrons. The number of nitrogens with zero attached hydrogens (tertiary/aromatic N) is 3. The maximum absolute atomic E-state index is 12.6. The number of sulfonamides is 1. The summed E-state index contributed by atoms with van der Waals surface area (Å²) in [5, 5.41) is 4.88. The highest BCUT2D eigenvalue weighted by Gasteiger charge is 2.26. The number of nitrogens with one attached hydrogen (secondary N) is 1. The minimum atomic E-state index is -3.42. The molecule has 1 fully saturated rings. The Hall–Kier alpha value is -3.01. The molecule has 5 rings (SSSR count). The summed E-state index contributed by atoms with van der Waals surface area (Å²) in [7, 11) is -3.42. The average molecular weight is 481 g/mol. The number of amides is 1. The minimum Gasteiger partial charge on any atom is -0.352 e. The zero-order valence-electron chi connectivity index (χ0n) is 18.0. The maximum atomic E-state index is 12.6. The number of imidazole rings is 1. The van der Waals surface area contributed by atoms with Gasteiger partial charge < -0.3 is 5.32 Å². The van der Waals surface area contributed by atoms with Crippen LogP contribution in [-0.2, 0) is 27.8 Å². The summed E-state index contributed by atoms with van der Waals surface area (Å²) in [6.45, 7) is 1.51. The molecular formula is C24H24N4O3S2. The molecule has 170 valence electrons. The molecule has 1 N–H and O–H groups in total. The van der Waals surface area contributed by atoms with Crippen molar-refractivity contribution in [2.24, 2.45) is 0 Å². The summed E-state index contributed by atoms with van der Waals surface area (Å²) in [4.78, 5) is 18.4. The Balaban J connectivity index is 1.21. The van der Waals surface area contributed by atoms with E-state index >= 15 is 0 Å². The van der Waals surface area contributed by atoms with E-state index in [-0.39, 0.29) is 12.3 Å². The predicted molar refractivity (Wildman–Crippen MR) is 128 cm³/mol. The zero-order valence-corrected chi connectivity index (χ0v) is 19.6. The Morgan fingerprint density at radius 3 is 2.48 bits per heavy atom. The second kappa shape index (κ2) is 9.09. The van der Waals surface area contributed by atoms with Gasteiger partial charge in [-0.3, -0.25) is 9.20 Å². The second-order valence-corrected chi connectivity index (χ2v) is 10.9. The van der Waals surface area contributed by atoms with E-state index in [9.17, 15) is 13.2 Å². The first-order valence-corrected chi connectivity index (χ1v) is 13.2. The van der Waals surface area contributed by atoms with E-state index < -0.39 is 10.0 Å². The molecule has 0 unspecified atom stereocenters. The monoisotopic (exact) mass is 480 g/mol. The van der Waals surface area contributed by atoms with Gasteiger partial charge in [0, 0.05) is 42.5 Å². The van der Waals surface area contributed by atoms with E-state index in [1.165, 1.54) is 15.6 Å². The number of hydrogen-bond donors (Lipinski definition) is 1. The molecule has 0 atom stereocenters. The van der Waals surface area contributed by atoms with Gasteiger partial charge in [-0.1, -0.05) is 42.5 Å². The standard InChI is InChI=1S/C24H24N4O3S2/c29-23(14-20-17-32-24-26-22(16-28(20)24)19-6-2-1-3-7-19)25-15-18-8-10-21(11-9-18)33(30,31)27-12-4-5-13-27/h1-3,6-11,16-17H,4-5,12-15H2,(H,25,29). The Morgan fingerprint density at radius 2 is 1.76 bits per heavy atom. The van der Waals surface area contributed by atoms with Crippen LogP contribution in [0.1, 0.15) is 24.1 Å². The molecule has 2 aromatic heterocycles. The molecule has 0 bridgehead atoms. The van der Waals surface area contributed by atoms with Gasteiger partial charge in [0.05, 0.1) is 17.0 Å². The third kappa shape index (κ3) is 4.57. The Kier molecular flexibility index (Phi) is 6.01. The number of benzene rings is 2. The van der Waals surface area contributed by atoms with Crippen LogP contribution in [0.3, 0.4) is 0 Å². The normalized spacial score (nSPS) is 14.7. The summed E-state index contributed by atoms with van der Waals surface area (Å²) < 4.78 is 28.8. The van der Waals surface area contributed by atoms with Crippen molar-refractivity contribution in [3.05, 3.63) is 77.4 Å². The fraction of sp³-hybridized carbons (Fsp3) is 0.250. The predicted octanol–water partition coefficient (Wildman–Crippen LogP) is 3.71. The molecular weight excluding hydrogens is 456 g/mol. The van der Waals surface area contributed by atoms with Crippen LogP contribution in [0.5, 0.6) is 0 Å². The molecule has 1 amide bonds. The van der Waals surface area contributed by atoms with Crippen molar-refractivity contribution in [3.8, 4) is 11.3 Å². The first kappa shape index (κ1) is 21.8. The molecule has 7 nitrogen and oxygen atoms in total. The van der Waals surface area contributed by atoms with Crippen LogP contribution >= 0.6 is 11.3 Å². The molecule has 1 saturated heterocycles. The van der Waals surface area contributed by atoms with Crippen molar-refractivity contribution in [3.63, 3.8) is 0 Å². The van der Waals surface area contributed by atoms with Gasteiger partial charge >= 0.3 is 0 Å². The van der Waals surface area contributed by atoms with E-state index in [4.69, 9.17) is 0 Å². The lowest BCUT2D eigenvalue weighted by Gasteiger charge is -2.15. The van der Waals surface area contributed by atoms with Crippen LogP contribution in [0.2, 0.25) is 0 Å². The van der Waals surface area contributed by atoms with E-state index in [0.29, 0.717) is 24.5 Å². The molecule has 2 aromatic carbocycles. The molecule has 1 aliphatic heterocycles. The van der Waals surface area contributed by atoms with Crippen molar-refractivity contribution in [1.29, 1.82) is 0 Å². The molecule has 0 saturated carbocycles. The number of aromatic nitrogens is 2. The SMILES string of the molecule is O=C(Cc1csc2nc(-c3ccccc3)cn12)NCc1ccc(S(=O)(=O)N2CCCC2)cc1. The topological polar surface area (TPSA) is 83.8 Å². The van der Waals surface area contributed by atoms with Crippen LogP contribution in [0.4, 0.5) is 0 Å². The number of carbonyl (C=O) groups excluding carboxylic acids is 1. The van der Waals surface area contributed by atoms with E-state index in [2.05, 4.69) is 10.3 Å². The Labute approximate surface area is 196 Å². The summed E-state index contributed by atoms with van der Waals surface area (Å²) >= 11 is 1.51. The summed E-state index contributed by atoms with van der Waals surface area (Å²) in [6.07, 6.45) is 4.02. The van der Waals surface area contributed by atoms with Crippen LogP contribution in [-0.4, -0.2) is 41.1 Å².